The van der Waals surface area contributed by atoms with Crippen molar-refractivity contribution in [2.75, 3.05) is 18.0 Å². The van der Waals surface area contributed by atoms with E-state index in [2.05, 4.69) is 25.9 Å². The maximum absolute atomic E-state index is 12.8. The number of hydrogen-bond donors (Lipinski definition) is 0. The molecule has 1 aromatic carbocycles. The van der Waals surface area contributed by atoms with Crippen molar-refractivity contribution in [2.24, 2.45) is 0 Å². The number of piperidine rings is 1. The zero-order valence-corrected chi connectivity index (χ0v) is 14.9. The predicted molar refractivity (Wildman–Crippen MR) is 95.6 cm³/mol. The van der Waals surface area contributed by atoms with Crippen LogP contribution in [0.1, 0.15) is 35.0 Å². The van der Waals surface area contributed by atoms with Crippen molar-refractivity contribution < 1.29 is 13.2 Å². The number of halogens is 3. The summed E-state index contributed by atoms with van der Waals surface area (Å²) in [5, 5.41) is 2.64. The highest BCUT2D eigenvalue weighted by atomic mass is 32.1. The second kappa shape index (κ2) is 6.50. The van der Waals surface area contributed by atoms with Crippen molar-refractivity contribution in [1.82, 2.24) is 15.0 Å². The molecule has 1 saturated heterocycles. The van der Waals surface area contributed by atoms with E-state index >= 15 is 0 Å². The van der Waals surface area contributed by atoms with Crippen molar-refractivity contribution in [2.45, 2.75) is 31.9 Å². The molecule has 1 aliphatic heterocycles. The Hall–Kier alpha value is -2.22. The van der Waals surface area contributed by atoms with Gasteiger partial charge in [0.05, 0.1) is 10.5 Å². The summed E-state index contributed by atoms with van der Waals surface area (Å²) in [5.74, 6) is 0.829. The fourth-order valence-electron chi connectivity index (χ4n) is 3.39. The van der Waals surface area contributed by atoms with Crippen LogP contribution in [0.4, 0.5) is 19.0 Å². The van der Waals surface area contributed by atoms with Crippen molar-refractivity contribution in [1.29, 1.82) is 0 Å². The third-order valence-electron chi connectivity index (χ3n) is 4.65. The summed E-state index contributed by atoms with van der Waals surface area (Å²) >= 11 is 1.10. The average Bonchev–Trinajstić information content (AvgIpc) is 3.12. The summed E-state index contributed by atoms with van der Waals surface area (Å²) in [5.41, 5.74) is 1.20. The number of aromatic nitrogens is 3. The van der Waals surface area contributed by atoms with Crippen molar-refractivity contribution in [3.05, 3.63) is 46.2 Å². The topological polar surface area (TPSA) is 41.9 Å². The fraction of sp³-hybridized carbons (Fsp3) is 0.389. The van der Waals surface area contributed by atoms with Crippen LogP contribution in [0.15, 0.2) is 29.9 Å². The van der Waals surface area contributed by atoms with E-state index in [4.69, 9.17) is 0 Å². The van der Waals surface area contributed by atoms with Gasteiger partial charge in [0.1, 0.15) is 12.1 Å². The summed E-state index contributed by atoms with van der Waals surface area (Å²) in [4.78, 5) is 14.8. The third kappa shape index (κ3) is 3.25. The predicted octanol–water partition coefficient (Wildman–Crippen LogP) is 4.80. The Morgan fingerprint density at radius 2 is 2.08 bits per heavy atom. The largest absolute Gasteiger partial charge is 0.434 e. The van der Waals surface area contributed by atoms with E-state index in [1.165, 1.54) is 0 Å². The maximum atomic E-state index is 12.8. The highest BCUT2D eigenvalue weighted by molar-refractivity contribution is 7.09. The van der Waals surface area contributed by atoms with E-state index < -0.39 is 11.9 Å². The molecule has 2 aromatic heterocycles. The Balaban J connectivity index is 1.63. The molecule has 1 fully saturated rings. The molecule has 8 heteroatoms. The number of rotatable bonds is 2. The van der Waals surface area contributed by atoms with Gasteiger partial charge < -0.3 is 4.90 Å². The van der Waals surface area contributed by atoms with Gasteiger partial charge in [-0.25, -0.2) is 15.0 Å². The summed E-state index contributed by atoms with van der Waals surface area (Å²) in [6.07, 6.45) is -1.11. The Labute approximate surface area is 152 Å². The molecule has 3 aromatic rings. The number of alkyl halides is 3. The fourth-order valence-corrected chi connectivity index (χ4v) is 4.34. The van der Waals surface area contributed by atoms with Gasteiger partial charge in [-0.15, -0.1) is 11.3 Å². The maximum Gasteiger partial charge on any atom is 0.434 e. The molecule has 0 amide bonds. The van der Waals surface area contributed by atoms with Crippen LogP contribution in [0.2, 0.25) is 0 Å². The molecule has 4 nitrogen and oxygen atoms in total. The van der Waals surface area contributed by atoms with Gasteiger partial charge in [0.2, 0.25) is 0 Å². The minimum atomic E-state index is -4.39. The van der Waals surface area contributed by atoms with E-state index in [0.29, 0.717) is 11.6 Å². The number of aryl methyl sites for hydroxylation is 1. The standard InChI is InChI=1S/C18H17F3N4S/c1-11-4-5-14-13(7-11)16(23-10-22-14)25-6-2-3-12(8-25)17-24-15(9-26-17)18(19,20)21/h4-5,7,9-10,12H,2-3,6,8H2,1H3. The molecule has 0 aliphatic carbocycles. The molecule has 0 saturated carbocycles. The van der Waals surface area contributed by atoms with E-state index in [0.717, 1.165) is 58.4 Å². The Kier molecular flexibility index (Phi) is 4.30. The first-order chi connectivity index (χ1) is 12.4. The van der Waals surface area contributed by atoms with Gasteiger partial charge in [-0.05, 0) is 31.9 Å². The summed E-state index contributed by atoms with van der Waals surface area (Å²) < 4.78 is 38.5. The van der Waals surface area contributed by atoms with Gasteiger partial charge in [-0.3, -0.25) is 0 Å². The van der Waals surface area contributed by atoms with Crippen LogP contribution in [0.5, 0.6) is 0 Å². The SMILES string of the molecule is Cc1ccc2ncnc(N3CCCC(c4nc(C(F)(F)F)cs4)C3)c2c1. The van der Waals surface area contributed by atoms with Gasteiger partial charge in [0, 0.05) is 29.8 Å². The smallest absolute Gasteiger partial charge is 0.355 e. The molecule has 0 bridgehead atoms. The van der Waals surface area contributed by atoms with Gasteiger partial charge in [0.15, 0.2) is 5.69 Å². The van der Waals surface area contributed by atoms with Crippen molar-refractivity contribution >= 4 is 28.1 Å². The number of hydrogen-bond acceptors (Lipinski definition) is 5. The second-order valence-electron chi connectivity index (χ2n) is 6.57. The first-order valence-electron chi connectivity index (χ1n) is 8.41. The first-order valence-corrected chi connectivity index (χ1v) is 9.29. The molecule has 1 atom stereocenters. The lowest BCUT2D eigenvalue weighted by Crippen LogP contribution is -2.35. The van der Waals surface area contributed by atoms with Crippen molar-refractivity contribution in [3.8, 4) is 0 Å². The molecule has 0 N–H and O–H groups in total. The minimum Gasteiger partial charge on any atom is -0.355 e. The summed E-state index contributed by atoms with van der Waals surface area (Å²) in [6, 6.07) is 6.03. The van der Waals surface area contributed by atoms with E-state index in [-0.39, 0.29) is 5.92 Å². The average molecular weight is 378 g/mol. The van der Waals surface area contributed by atoms with Crippen LogP contribution < -0.4 is 4.90 Å². The number of benzene rings is 1. The molecular weight excluding hydrogens is 361 g/mol. The second-order valence-corrected chi connectivity index (χ2v) is 7.46. The van der Waals surface area contributed by atoms with Gasteiger partial charge in [-0.2, -0.15) is 13.2 Å². The van der Waals surface area contributed by atoms with Crippen LogP contribution in [0.3, 0.4) is 0 Å². The zero-order valence-electron chi connectivity index (χ0n) is 14.1. The number of nitrogens with zero attached hydrogens (tertiary/aromatic N) is 4. The molecule has 26 heavy (non-hydrogen) atoms. The molecule has 1 unspecified atom stereocenters. The van der Waals surface area contributed by atoms with Gasteiger partial charge in [0.25, 0.3) is 0 Å². The van der Waals surface area contributed by atoms with E-state index in [1.807, 2.05) is 19.1 Å². The molecule has 4 rings (SSSR count). The molecule has 0 radical (unpaired) electrons. The Bertz CT molecular complexity index is 938. The Morgan fingerprint density at radius 3 is 2.85 bits per heavy atom. The summed E-state index contributed by atoms with van der Waals surface area (Å²) in [7, 11) is 0. The van der Waals surface area contributed by atoms with Crippen LogP contribution in [-0.4, -0.2) is 28.0 Å². The molecule has 1 aliphatic rings. The van der Waals surface area contributed by atoms with E-state index in [1.54, 1.807) is 6.33 Å². The minimum absolute atomic E-state index is 0.0142. The lowest BCUT2D eigenvalue weighted by molar-refractivity contribution is -0.140. The highest BCUT2D eigenvalue weighted by Crippen LogP contribution is 2.36. The number of anilines is 1. The van der Waals surface area contributed by atoms with Crippen LogP contribution in [0.25, 0.3) is 10.9 Å². The third-order valence-corrected chi connectivity index (χ3v) is 5.66. The van der Waals surface area contributed by atoms with Crippen LogP contribution in [0, 0.1) is 6.92 Å². The lowest BCUT2D eigenvalue weighted by Gasteiger charge is -2.33. The van der Waals surface area contributed by atoms with E-state index in [9.17, 15) is 13.2 Å². The summed E-state index contributed by atoms with van der Waals surface area (Å²) in [6.45, 7) is 3.46. The lowest BCUT2D eigenvalue weighted by atomic mass is 9.98. The number of thiazole rings is 1. The Morgan fingerprint density at radius 1 is 1.23 bits per heavy atom. The van der Waals surface area contributed by atoms with Crippen LogP contribution >= 0.6 is 11.3 Å². The normalized spacial score (nSPS) is 18.5. The molecule has 0 spiro atoms. The number of fused-ring (bicyclic) bond motifs is 1. The van der Waals surface area contributed by atoms with Gasteiger partial charge in [-0.1, -0.05) is 11.6 Å². The quantitative estimate of drug-likeness (QED) is 0.643. The molecule has 3 heterocycles. The molecular formula is C18H17F3N4S. The first kappa shape index (κ1) is 17.2. The monoisotopic (exact) mass is 378 g/mol. The molecule has 136 valence electrons. The van der Waals surface area contributed by atoms with Gasteiger partial charge >= 0.3 is 6.18 Å². The zero-order chi connectivity index (χ0) is 18.3. The van der Waals surface area contributed by atoms with Crippen LogP contribution in [-0.2, 0) is 6.18 Å². The van der Waals surface area contributed by atoms with Crippen molar-refractivity contribution in [3.63, 3.8) is 0 Å². The highest BCUT2D eigenvalue weighted by Gasteiger charge is 2.35.